The maximum absolute atomic E-state index is 5.73. The molecule has 8 nitrogen and oxygen atoms in total. The van der Waals surface area contributed by atoms with Crippen molar-refractivity contribution in [2.75, 3.05) is 14.2 Å². The SMILES string of the molecule is CCCn1ncc(OC)c1C(NN)c1cc(OC)ncn1. The van der Waals surface area contributed by atoms with Crippen molar-refractivity contribution < 1.29 is 9.47 Å². The Balaban J connectivity index is 2.47. The lowest BCUT2D eigenvalue weighted by atomic mass is 10.1. The topological polar surface area (TPSA) is 100 Å². The molecule has 114 valence electrons. The lowest BCUT2D eigenvalue weighted by Gasteiger charge is -2.18. The van der Waals surface area contributed by atoms with Crippen molar-refractivity contribution in [3.8, 4) is 11.6 Å². The van der Waals surface area contributed by atoms with Crippen molar-refractivity contribution in [1.29, 1.82) is 0 Å². The molecule has 2 aromatic rings. The Labute approximate surface area is 123 Å². The standard InChI is InChI=1S/C13H20N6O2/c1-4-5-19-13(10(20-2)7-17-19)12(18-14)9-6-11(21-3)16-8-15-9/h6-8,12,18H,4-5,14H2,1-3H3. The van der Waals surface area contributed by atoms with E-state index >= 15 is 0 Å². The van der Waals surface area contributed by atoms with E-state index in [0.717, 1.165) is 18.7 Å². The maximum atomic E-state index is 5.73. The van der Waals surface area contributed by atoms with Gasteiger partial charge in [-0.25, -0.2) is 15.4 Å². The van der Waals surface area contributed by atoms with Crippen LogP contribution < -0.4 is 20.7 Å². The summed E-state index contributed by atoms with van der Waals surface area (Å²) in [6.45, 7) is 2.84. The smallest absolute Gasteiger partial charge is 0.216 e. The summed E-state index contributed by atoms with van der Waals surface area (Å²) in [7, 11) is 3.16. The Kier molecular flexibility index (Phi) is 5.07. The number of methoxy groups -OCH3 is 2. The number of nitrogens with zero attached hydrogens (tertiary/aromatic N) is 4. The molecule has 0 saturated carbocycles. The normalized spacial score (nSPS) is 12.2. The van der Waals surface area contributed by atoms with Gasteiger partial charge in [-0.2, -0.15) is 5.10 Å². The summed E-state index contributed by atoms with van der Waals surface area (Å²) in [5.41, 5.74) is 4.26. The van der Waals surface area contributed by atoms with E-state index < -0.39 is 0 Å². The second-order valence-corrected chi connectivity index (χ2v) is 4.41. The number of nitrogens with one attached hydrogen (secondary N) is 1. The highest BCUT2D eigenvalue weighted by atomic mass is 16.5. The van der Waals surface area contributed by atoms with Crippen molar-refractivity contribution in [1.82, 2.24) is 25.2 Å². The molecule has 2 heterocycles. The number of aromatic nitrogens is 4. The van der Waals surface area contributed by atoms with Gasteiger partial charge in [0.25, 0.3) is 0 Å². The number of hydrazine groups is 1. The molecule has 1 atom stereocenters. The minimum Gasteiger partial charge on any atom is -0.493 e. The van der Waals surface area contributed by atoms with Gasteiger partial charge in [-0.1, -0.05) is 6.92 Å². The molecule has 0 aliphatic rings. The van der Waals surface area contributed by atoms with Gasteiger partial charge >= 0.3 is 0 Å². The first-order valence-electron chi connectivity index (χ1n) is 6.66. The van der Waals surface area contributed by atoms with Gasteiger partial charge < -0.3 is 9.47 Å². The van der Waals surface area contributed by atoms with E-state index in [1.54, 1.807) is 26.5 Å². The molecule has 0 radical (unpaired) electrons. The van der Waals surface area contributed by atoms with Crippen molar-refractivity contribution in [2.24, 2.45) is 5.84 Å². The third-order valence-corrected chi connectivity index (χ3v) is 3.11. The van der Waals surface area contributed by atoms with E-state index in [1.807, 2.05) is 4.68 Å². The van der Waals surface area contributed by atoms with E-state index in [-0.39, 0.29) is 6.04 Å². The Morgan fingerprint density at radius 3 is 2.76 bits per heavy atom. The minimum atomic E-state index is -0.370. The molecule has 1 unspecified atom stereocenters. The Morgan fingerprint density at radius 2 is 2.14 bits per heavy atom. The third kappa shape index (κ3) is 3.11. The molecule has 0 bridgehead atoms. The van der Waals surface area contributed by atoms with Crippen LogP contribution in [0.2, 0.25) is 0 Å². The molecule has 0 fully saturated rings. The van der Waals surface area contributed by atoms with Gasteiger partial charge in [-0.15, -0.1) is 0 Å². The first-order valence-corrected chi connectivity index (χ1v) is 6.66. The van der Waals surface area contributed by atoms with Gasteiger partial charge in [0, 0.05) is 12.6 Å². The molecule has 2 aromatic heterocycles. The van der Waals surface area contributed by atoms with Crippen LogP contribution >= 0.6 is 0 Å². The quantitative estimate of drug-likeness (QED) is 0.571. The molecule has 2 rings (SSSR count). The molecule has 21 heavy (non-hydrogen) atoms. The fraction of sp³-hybridized carbons (Fsp3) is 0.462. The predicted octanol–water partition coefficient (Wildman–Crippen LogP) is 0.653. The lowest BCUT2D eigenvalue weighted by Crippen LogP contribution is -2.31. The number of hydrogen-bond donors (Lipinski definition) is 2. The van der Waals surface area contributed by atoms with Gasteiger partial charge in [0.05, 0.1) is 26.1 Å². The van der Waals surface area contributed by atoms with E-state index in [1.165, 1.54) is 6.33 Å². The number of rotatable bonds is 7. The zero-order chi connectivity index (χ0) is 15.2. The molecule has 8 heteroatoms. The van der Waals surface area contributed by atoms with Gasteiger partial charge in [-0.3, -0.25) is 10.5 Å². The van der Waals surface area contributed by atoms with E-state index in [9.17, 15) is 0 Å². The first-order chi connectivity index (χ1) is 10.2. The first kappa shape index (κ1) is 15.2. The van der Waals surface area contributed by atoms with E-state index in [0.29, 0.717) is 17.3 Å². The highest BCUT2D eigenvalue weighted by Crippen LogP contribution is 2.29. The maximum Gasteiger partial charge on any atom is 0.216 e. The molecule has 0 aromatic carbocycles. The molecular formula is C13H20N6O2. The molecule has 0 aliphatic carbocycles. The number of aryl methyl sites for hydroxylation is 1. The van der Waals surface area contributed by atoms with Crippen molar-refractivity contribution in [2.45, 2.75) is 25.9 Å². The number of ether oxygens (including phenoxy) is 2. The predicted molar refractivity (Wildman–Crippen MR) is 76.8 cm³/mol. The molecule has 0 saturated heterocycles. The van der Waals surface area contributed by atoms with Crippen molar-refractivity contribution in [3.05, 3.63) is 30.0 Å². The molecular weight excluding hydrogens is 272 g/mol. The number of hydrogen-bond acceptors (Lipinski definition) is 7. The van der Waals surface area contributed by atoms with Crippen LogP contribution in [0.1, 0.15) is 30.8 Å². The lowest BCUT2D eigenvalue weighted by molar-refractivity contribution is 0.389. The Bertz CT molecular complexity index is 586. The average molecular weight is 292 g/mol. The second kappa shape index (κ2) is 7.00. The zero-order valence-corrected chi connectivity index (χ0v) is 12.4. The van der Waals surface area contributed by atoms with Gasteiger partial charge in [0.15, 0.2) is 5.75 Å². The van der Waals surface area contributed by atoms with Crippen LogP contribution in [0, 0.1) is 0 Å². The summed E-state index contributed by atoms with van der Waals surface area (Å²) in [5, 5.41) is 4.34. The third-order valence-electron chi connectivity index (χ3n) is 3.11. The molecule has 0 spiro atoms. The van der Waals surface area contributed by atoms with Crippen LogP contribution in [0.25, 0.3) is 0 Å². The summed E-state index contributed by atoms with van der Waals surface area (Å²) in [6, 6.07) is 1.36. The van der Waals surface area contributed by atoms with Crippen LogP contribution in [0.15, 0.2) is 18.6 Å². The monoisotopic (exact) mass is 292 g/mol. The largest absolute Gasteiger partial charge is 0.493 e. The Hall–Kier alpha value is -2.19. The average Bonchev–Trinajstić information content (AvgIpc) is 2.92. The van der Waals surface area contributed by atoms with Crippen molar-refractivity contribution >= 4 is 0 Å². The summed E-state index contributed by atoms with van der Waals surface area (Å²) in [4.78, 5) is 8.26. The molecule has 0 amide bonds. The fourth-order valence-electron chi connectivity index (χ4n) is 2.14. The summed E-state index contributed by atoms with van der Waals surface area (Å²) >= 11 is 0. The summed E-state index contributed by atoms with van der Waals surface area (Å²) in [5.74, 6) is 6.86. The fourth-order valence-corrected chi connectivity index (χ4v) is 2.14. The summed E-state index contributed by atoms with van der Waals surface area (Å²) in [6.07, 6.45) is 4.06. The molecule has 0 aliphatic heterocycles. The highest BCUT2D eigenvalue weighted by Gasteiger charge is 2.24. The van der Waals surface area contributed by atoms with Crippen LogP contribution in [0.3, 0.4) is 0 Å². The van der Waals surface area contributed by atoms with Crippen molar-refractivity contribution in [3.63, 3.8) is 0 Å². The van der Waals surface area contributed by atoms with Crippen LogP contribution in [-0.4, -0.2) is 34.0 Å². The van der Waals surface area contributed by atoms with E-state index in [2.05, 4.69) is 27.4 Å². The number of nitrogens with two attached hydrogens (primary N) is 1. The van der Waals surface area contributed by atoms with E-state index in [4.69, 9.17) is 15.3 Å². The van der Waals surface area contributed by atoms with Gasteiger partial charge in [0.1, 0.15) is 18.1 Å². The Morgan fingerprint density at radius 1 is 1.33 bits per heavy atom. The van der Waals surface area contributed by atoms with Crippen LogP contribution in [-0.2, 0) is 6.54 Å². The highest BCUT2D eigenvalue weighted by molar-refractivity contribution is 5.34. The van der Waals surface area contributed by atoms with Crippen LogP contribution in [0.5, 0.6) is 11.6 Å². The zero-order valence-electron chi connectivity index (χ0n) is 12.4. The van der Waals surface area contributed by atoms with Crippen LogP contribution in [0.4, 0.5) is 0 Å². The van der Waals surface area contributed by atoms with Gasteiger partial charge in [-0.05, 0) is 6.42 Å². The second-order valence-electron chi connectivity index (χ2n) is 4.41. The summed E-state index contributed by atoms with van der Waals surface area (Å²) < 4.78 is 12.4. The minimum absolute atomic E-state index is 0.370. The van der Waals surface area contributed by atoms with Gasteiger partial charge in [0.2, 0.25) is 5.88 Å². The molecule has 3 N–H and O–H groups in total.